The number of ether oxygens (including phenoxy) is 1. The summed E-state index contributed by atoms with van der Waals surface area (Å²) in [4.78, 5) is 44.1. The molecule has 0 saturated carbocycles. The van der Waals surface area contributed by atoms with Crippen LogP contribution in [0.25, 0.3) is 32.7 Å². The van der Waals surface area contributed by atoms with Crippen LogP contribution >= 0.6 is 34.5 Å². The molecule has 13 heteroatoms. The topological polar surface area (TPSA) is 78.3 Å². The van der Waals surface area contributed by atoms with Gasteiger partial charge in [-0.15, -0.1) is 11.3 Å². The summed E-state index contributed by atoms with van der Waals surface area (Å²) in [5, 5.41) is -0.144. The Bertz CT molecular complexity index is 2330. The molecule has 0 radical (unpaired) electrons. The van der Waals surface area contributed by atoms with Crippen molar-refractivity contribution in [3.63, 3.8) is 0 Å². The minimum atomic E-state index is -2.18. The average Bonchev–Trinajstić information content (AvgIpc) is 3.71. The maximum atomic E-state index is 15.5. The number of allylic oxidation sites excluding steroid dienone is 1. The number of rotatable bonds is 6. The summed E-state index contributed by atoms with van der Waals surface area (Å²) in [6.07, 6.45) is 1.36. The predicted octanol–water partition coefficient (Wildman–Crippen LogP) is 9.44. The van der Waals surface area contributed by atoms with Gasteiger partial charge in [-0.05, 0) is 42.0 Å². The number of carbonyl (C=O) groups is 3. The maximum Gasteiger partial charge on any atom is 0.342 e. The second kappa shape index (κ2) is 12.2. The van der Waals surface area contributed by atoms with Gasteiger partial charge in [0.15, 0.2) is 40.5 Å². The number of nitrogens with zero attached hydrogens (tertiary/aromatic N) is 2. The third-order valence-electron chi connectivity index (χ3n) is 7.63. The van der Waals surface area contributed by atoms with Crippen molar-refractivity contribution in [1.82, 2.24) is 9.55 Å². The van der Waals surface area contributed by atoms with Crippen LogP contribution < -0.4 is 0 Å². The van der Waals surface area contributed by atoms with E-state index >= 15 is 8.78 Å². The molecule has 0 amide bonds. The lowest BCUT2D eigenvalue weighted by Crippen LogP contribution is -2.14. The van der Waals surface area contributed by atoms with E-state index in [4.69, 9.17) is 27.9 Å². The van der Waals surface area contributed by atoms with Gasteiger partial charge < -0.3 is 4.74 Å². The summed E-state index contributed by atoms with van der Waals surface area (Å²) < 4.78 is 66.8. The van der Waals surface area contributed by atoms with Crippen LogP contribution in [-0.2, 0) is 11.3 Å². The van der Waals surface area contributed by atoms with Crippen LogP contribution in [0.4, 0.5) is 17.6 Å². The van der Waals surface area contributed by atoms with Gasteiger partial charge in [0.05, 0.1) is 31.6 Å². The highest BCUT2D eigenvalue weighted by atomic mass is 35.5. The van der Waals surface area contributed by atoms with E-state index in [0.717, 1.165) is 11.3 Å². The predicted molar refractivity (Wildman–Crippen MR) is 173 cm³/mol. The zero-order valence-corrected chi connectivity index (χ0v) is 26.3. The van der Waals surface area contributed by atoms with Crippen molar-refractivity contribution in [2.24, 2.45) is 0 Å². The number of thiazole rings is 1. The zero-order chi connectivity index (χ0) is 33.9. The zero-order valence-electron chi connectivity index (χ0n) is 24.0. The first-order valence-electron chi connectivity index (χ1n) is 14.0. The second-order valence-corrected chi connectivity index (χ2v) is 12.4. The van der Waals surface area contributed by atoms with E-state index in [0.29, 0.717) is 21.6 Å². The standard InChI is InChI=1S/C35H16Cl2F4N2O4S/c36-22-13-19-20(14-23(22)37)32(45)21(31(19)44)11-18-12-24-33(43(18)17-9-5-2-6-10-17)42-34(48-24)25-26(28(39)30(41)29(40)27(25)38)35(46)47-15-16-7-3-1-4-8-16/h1-14H,15H2. The van der Waals surface area contributed by atoms with E-state index in [2.05, 4.69) is 4.98 Å². The Labute approximate surface area is 282 Å². The molecule has 0 bridgehead atoms. The Morgan fingerprint density at radius 2 is 1.40 bits per heavy atom. The van der Waals surface area contributed by atoms with Crippen molar-refractivity contribution < 1.29 is 36.7 Å². The average molecular weight is 707 g/mol. The monoisotopic (exact) mass is 706 g/mol. The molecule has 238 valence electrons. The molecule has 7 rings (SSSR count). The second-order valence-electron chi connectivity index (χ2n) is 10.5. The van der Waals surface area contributed by atoms with E-state index in [1.807, 2.05) is 0 Å². The van der Waals surface area contributed by atoms with Crippen LogP contribution in [0.2, 0.25) is 10.0 Å². The van der Waals surface area contributed by atoms with Gasteiger partial charge in [0.2, 0.25) is 0 Å². The molecule has 0 fully saturated rings. The largest absolute Gasteiger partial charge is 0.457 e. The van der Waals surface area contributed by atoms with Gasteiger partial charge in [-0.25, -0.2) is 27.3 Å². The fraction of sp³-hybridized carbons (Fsp3) is 0.0286. The lowest BCUT2D eigenvalue weighted by Gasteiger charge is -2.12. The molecule has 0 N–H and O–H groups in total. The molecular weight excluding hydrogens is 691 g/mol. The van der Waals surface area contributed by atoms with E-state index in [9.17, 15) is 23.2 Å². The lowest BCUT2D eigenvalue weighted by molar-refractivity contribution is 0.0466. The quantitative estimate of drug-likeness (QED) is 0.0431. The fourth-order valence-corrected chi connectivity index (χ4v) is 6.74. The van der Waals surface area contributed by atoms with Gasteiger partial charge >= 0.3 is 5.97 Å². The highest BCUT2D eigenvalue weighted by Gasteiger charge is 2.36. The number of ketones is 2. The van der Waals surface area contributed by atoms with Crippen LogP contribution in [0.5, 0.6) is 0 Å². The summed E-state index contributed by atoms with van der Waals surface area (Å²) in [5.41, 5.74) is -0.639. The third kappa shape index (κ3) is 5.20. The number of benzene rings is 4. The Morgan fingerprint density at radius 3 is 2.02 bits per heavy atom. The summed E-state index contributed by atoms with van der Waals surface area (Å²) >= 11 is 12.9. The Hall–Kier alpha value is -5.10. The fourth-order valence-electron chi connectivity index (χ4n) is 5.38. The highest BCUT2D eigenvalue weighted by molar-refractivity contribution is 7.21. The summed E-state index contributed by atoms with van der Waals surface area (Å²) in [7, 11) is 0. The molecule has 6 nitrogen and oxygen atoms in total. The van der Waals surface area contributed by atoms with Crippen molar-refractivity contribution in [2.75, 3.05) is 0 Å². The molecule has 1 aliphatic carbocycles. The maximum absolute atomic E-state index is 15.5. The number of hydrogen-bond acceptors (Lipinski definition) is 6. The van der Waals surface area contributed by atoms with Crippen LogP contribution in [0, 0.1) is 23.3 Å². The third-order valence-corrected chi connectivity index (χ3v) is 9.36. The number of para-hydroxylation sites is 1. The molecular formula is C35H16Cl2F4N2O4S. The van der Waals surface area contributed by atoms with E-state index < -0.39 is 51.9 Å². The van der Waals surface area contributed by atoms with Crippen LogP contribution in [0.15, 0.2) is 84.4 Å². The first-order chi connectivity index (χ1) is 23.0. The van der Waals surface area contributed by atoms with Gasteiger partial charge in [0.1, 0.15) is 17.2 Å². The smallest absolute Gasteiger partial charge is 0.342 e. The molecule has 0 spiro atoms. The minimum absolute atomic E-state index is 0.0863. The highest BCUT2D eigenvalue weighted by Crippen LogP contribution is 2.41. The number of fused-ring (bicyclic) bond motifs is 2. The molecule has 1 aliphatic rings. The number of Topliss-reactive ketones (excluding diaryl/α,β-unsaturated/α-hetero) is 2. The van der Waals surface area contributed by atoms with Crippen LogP contribution in [-0.4, -0.2) is 27.1 Å². The van der Waals surface area contributed by atoms with Crippen molar-refractivity contribution in [2.45, 2.75) is 6.61 Å². The van der Waals surface area contributed by atoms with Crippen molar-refractivity contribution in [1.29, 1.82) is 0 Å². The minimum Gasteiger partial charge on any atom is -0.457 e. The van der Waals surface area contributed by atoms with Gasteiger partial charge in [0, 0.05) is 16.8 Å². The van der Waals surface area contributed by atoms with E-state index in [1.165, 1.54) is 28.8 Å². The van der Waals surface area contributed by atoms with Gasteiger partial charge in [-0.3, -0.25) is 14.2 Å². The van der Waals surface area contributed by atoms with E-state index in [1.54, 1.807) is 60.7 Å². The van der Waals surface area contributed by atoms with Gasteiger partial charge in [-0.1, -0.05) is 71.7 Å². The molecule has 0 saturated heterocycles. The van der Waals surface area contributed by atoms with Crippen LogP contribution in [0.1, 0.15) is 42.3 Å². The van der Waals surface area contributed by atoms with Gasteiger partial charge in [-0.2, -0.15) is 0 Å². The molecule has 0 aliphatic heterocycles. The molecule has 0 unspecified atom stereocenters. The van der Waals surface area contributed by atoms with Gasteiger partial charge in [0.25, 0.3) is 0 Å². The van der Waals surface area contributed by atoms with Crippen LogP contribution in [0.3, 0.4) is 0 Å². The number of aromatic nitrogens is 2. The first-order valence-corrected chi connectivity index (χ1v) is 15.6. The molecule has 2 aromatic heterocycles. The first kappa shape index (κ1) is 31.5. The lowest BCUT2D eigenvalue weighted by atomic mass is 10.1. The SMILES string of the molecule is O=C1C(=Cc2cc3sc(-c4c(F)c(F)c(F)c(F)c4C(=O)OCc4ccccc4)nc3n2-c2ccccc2)C(=O)c2cc(Cl)c(Cl)cc21. The van der Waals surface area contributed by atoms with Crippen molar-refractivity contribution in [3.8, 4) is 16.3 Å². The summed E-state index contributed by atoms with van der Waals surface area (Å²) in [6, 6.07) is 21.0. The molecule has 6 aromatic rings. The van der Waals surface area contributed by atoms with Crippen molar-refractivity contribution >= 4 is 68.5 Å². The Kier molecular flexibility index (Phi) is 7.98. The van der Waals surface area contributed by atoms with Crippen molar-refractivity contribution in [3.05, 3.63) is 146 Å². The Balaban J connectivity index is 1.37. The number of esters is 1. The Morgan fingerprint density at radius 1 is 0.812 bits per heavy atom. The molecule has 48 heavy (non-hydrogen) atoms. The molecule has 4 aromatic carbocycles. The summed E-state index contributed by atoms with van der Waals surface area (Å²) in [6.45, 7) is -0.351. The number of halogens is 6. The molecule has 2 heterocycles. The number of carbonyl (C=O) groups excluding carboxylic acids is 3. The summed E-state index contributed by atoms with van der Waals surface area (Å²) in [5.74, 6) is -10.7. The van der Waals surface area contributed by atoms with E-state index in [-0.39, 0.29) is 44.0 Å². The number of hydrogen-bond donors (Lipinski definition) is 0. The normalized spacial score (nSPS) is 12.6. The molecule has 0 atom stereocenters.